The van der Waals surface area contributed by atoms with Crippen molar-refractivity contribution in [3.8, 4) is 0 Å². The van der Waals surface area contributed by atoms with Gasteiger partial charge in [0.25, 0.3) is 0 Å². The summed E-state index contributed by atoms with van der Waals surface area (Å²) in [6.07, 6.45) is -4.11. The van der Waals surface area contributed by atoms with Crippen molar-refractivity contribution in [3.05, 3.63) is 11.6 Å². The monoisotopic (exact) mass is 650 g/mol. The van der Waals surface area contributed by atoms with E-state index >= 15 is 0 Å². The van der Waals surface area contributed by atoms with Crippen molar-refractivity contribution in [2.75, 3.05) is 6.61 Å². The summed E-state index contributed by atoms with van der Waals surface area (Å²) in [5.41, 5.74) is -5.40. The summed E-state index contributed by atoms with van der Waals surface area (Å²) in [5.74, 6) is -4.80. The van der Waals surface area contributed by atoms with Crippen molar-refractivity contribution >= 4 is 35.8 Å². The molecule has 14 nitrogen and oxygen atoms in total. The molecule has 3 heterocycles. The molecule has 5 rings (SSSR count). The first-order valence-corrected chi connectivity index (χ1v) is 15.6. The van der Waals surface area contributed by atoms with Gasteiger partial charge in [0.1, 0.15) is 31.0 Å². The summed E-state index contributed by atoms with van der Waals surface area (Å²) >= 11 is 0. The van der Waals surface area contributed by atoms with Crippen LogP contribution in [0.15, 0.2) is 11.6 Å². The summed E-state index contributed by atoms with van der Waals surface area (Å²) in [5, 5.41) is 0. The van der Waals surface area contributed by atoms with E-state index in [2.05, 4.69) is 0 Å². The van der Waals surface area contributed by atoms with Crippen LogP contribution in [0.5, 0.6) is 0 Å². The molecule has 0 radical (unpaired) electrons. The largest absolute Gasteiger partial charge is 0.462 e. The molecule has 0 amide bonds. The first kappa shape index (κ1) is 33.8. The van der Waals surface area contributed by atoms with E-state index in [4.69, 9.17) is 37.9 Å². The lowest BCUT2D eigenvalue weighted by Crippen LogP contribution is -2.66. The third-order valence-electron chi connectivity index (χ3n) is 10.2. The van der Waals surface area contributed by atoms with Gasteiger partial charge in [-0.3, -0.25) is 24.0 Å². The second-order valence-electron chi connectivity index (χ2n) is 13.3. The fraction of sp³-hybridized carbons (Fsp3) is 0.750. The van der Waals surface area contributed by atoms with Gasteiger partial charge in [0, 0.05) is 58.4 Å². The minimum Gasteiger partial charge on any atom is -0.462 e. The molecule has 0 bridgehead atoms. The van der Waals surface area contributed by atoms with Gasteiger partial charge in [0.2, 0.25) is 0 Å². The average molecular weight is 651 g/mol. The Morgan fingerprint density at radius 1 is 0.870 bits per heavy atom. The predicted molar refractivity (Wildman–Crippen MR) is 152 cm³/mol. The van der Waals surface area contributed by atoms with Crippen molar-refractivity contribution in [2.24, 2.45) is 11.3 Å². The molecule has 2 aliphatic carbocycles. The molecule has 0 aromatic heterocycles. The first-order chi connectivity index (χ1) is 21.4. The van der Waals surface area contributed by atoms with Gasteiger partial charge in [-0.1, -0.05) is 13.8 Å². The SMILES string of the molecule is CCCC(=O)OC1CC(OC(C)=O)C(COC(C)=O)=CC2OC(=O)C3(C)OC23C(OC(C)=O)C2C3(C)OC3CC(OC(C)=O)C12C. The molecule has 3 aliphatic heterocycles. The van der Waals surface area contributed by atoms with Crippen LogP contribution < -0.4 is 0 Å². The Morgan fingerprint density at radius 2 is 1.50 bits per heavy atom. The van der Waals surface area contributed by atoms with Gasteiger partial charge >= 0.3 is 35.8 Å². The van der Waals surface area contributed by atoms with E-state index in [1.807, 2.05) is 13.8 Å². The van der Waals surface area contributed by atoms with Crippen LogP contribution in [0.25, 0.3) is 0 Å². The minimum atomic E-state index is -1.63. The van der Waals surface area contributed by atoms with Crippen LogP contribution in [-0.4, -0.2) is 95.8 Å². The summed E-state index contributed by atoms with van der Waals surface area (Å²) < 4.78 is 47.8. The standard InChI is InChI=1S/C32H42O14/c1-9-10-25(37)43-21-12-20(40-16(3)34)19(14-39-15(2)33)11-24-32(31(8,46-32)28(38)44-24)27(42-18(5)36)26-29(21,6)22(41-17(4)35)13-23-30(26,7)45-23/h11,20-24,26-27H,9-10,12-14H2,1-8H3. The molecule has 5 aliphatic rings. The summed E-state index contributed by atoms with van der Waals surface area (Å²) in [7, 11) is 0. The van der Waals surface area contributed by atoms with Gasteiger partial charge in [-0.15, -0.1) is 0 Å². The molecule has 0 aromatic carbocycles. The summed E-state index contributed by atoms with van der Waals surface area (Å²) in [4.78, 5) is 76.6. The first-order valence-electron chi connectivity index (χ1n) is 15.6. The van der Waals surface area contributed by atoms with Gasteiger partial charge in [-0.2, -0.15) is 0 Å². The van der Waals surface area contributed by atoms with E-state index in [0.717, 1.165) is 0 Å². The number of ether oxygens (including phenoxy) is 8. The van der Waals surface area contributed by atoms with Crippen LogP contribution in [0.4, 0.5) is 0 Å². The molecule has 3 saturated heterocycles. The Bertz CT molecular complexity index is 1370. The lowest BCUT2D eigenvalue weighted by atomic mass is 9.53. The van der Waals surface area contributed by atoms with Crippen molar-refractivity contribution < 1.29 is 66.7 Å². The number of rotatable bonds is 8. The quantitative estimate of drug-likeness (QED) is 0.161. The Morgan fingerprint density at radius 3 is 2.07 bits per heavy atom. The molecular weight excluding hydrogens is 608 g/mol. The van der Waals surface area contributed by atoms with Gasteiger partial charge in [-0.25, -0.2) is 4.79 Å². The lowest BCUT2D eigenvalue weighted by Gasteiger charge is -2.54. The van der Waals surface area contributed by atoms with Gasteiger partial charge in [0.15, 0.2) is 17.3 Å². The topological polar surface area (TPSA) is 183 Å². The van der Waals surface area contributed by atoms with Crippen LogP contribution >= 0.6 is 0 Å². The molecule has 46 heavy (non-hydrogen) atoms. The Hall–Kier alpha value is -3.52. The van der Waals surface area contributed by atoms with E-state index in [-0.39, 0.29) is 31.4 Å². The Kier molecular flexibility index (Phi) is 8.55. The second kappa shape index (κ2) is 11.6. The average Bonchev–Trinajstić information content (AvgIpc) is 3.77. The summed E-state index contributed by atoms with van der Waals surface area (Å²) in [6.45, 7) is 11.4. The zero-order valence-electron chi connectivity index (χ0n) is 27.4. The molecule has 11 unspecified atom stereocenters. The predicted octanol–water partition coefficient (Wildman–Crippen LogP) is 2.02. The highest BCUT2D eigenvalue weighted by Gasteiger charge is 2.89. The normalized spacial score (nSPS) is 41.9. The highest BCUT2D eigenvalue weighted by Crippen LogP contribution is 2.69. The van der Waals surface area contributed by atoms with E-state index in [0.29, 0.717) is 6.42 Å². The van der Waals surface area contributed by atoms with Gasteiger partial charge < -0.3 is 37.9 Å². The molecule has 14 heteroatoms. The van der Waals surface area contributed by atoms with Gasteiger partial charge in [0.05, 0.1) is 17.1 Å². The smallest absolute Gasteiger partial charge is 0.342 e. The highest BCUT2D eigenvalue weighted by molar-refractivity contribution is 5.89. The number of esters is 6. The molecule has 1 spiro atoms. The molecule has 0 N–H and O–H groups in total. The van der Waals surface area contributed by atoms with Crippen LogP contribution in [0.3, 0.4) is 0 Å². The fourth-order valence-corrected chi connectivity index (χ4v) is 8.04. The van der Waals surface area contributed by atoms with E-state index in [1.165, 1.54) is 40.7 Å². The maximum Gasteiger partial charge on any atom is 0.342 e. The Labute approximate surface area is 266 Å². The van der Waals surface area contributed by atoms with Crippen molar-refractivity contribution in [2.45, 2.75) is 135 Å². The molecule has 254 valence electrons. The number of carbonyl (C=O) groups is 6. The molecule has 11 atom stereocenters. The zero-order chi connectivity index (χ0) is 34.0. The Balaban J connectivity index is 1.81. The number of hydrogen-bond donors (Lipinski definition) is 0. The van der Waals surface area contributed by atoms with E-state index in [1.54, 1.807) is 6.92 Å². The number of epoxide rings is 2. The van der Waals surface area contributed by atoms with Crippen molar-refractivity contribution in [1.29, 1.82) is 0 Å². The van der Waals surface area contributed by atoms with Crippen LogP contribution in [-0.2, 0) is 66.7 Å². The minimum absolute atomic E-state index is 0.0587. The van der Waals surface area contributed by atoms with Crippen LogP contribution in [0, 0.1) is 11.3 Å². The maximum atomic E-state index is 13.4. The third-order valence-corrected chi connectivity index (χ3v) is 10.2. The number of carbonyl (C=O) groups excluding carboxylic acids is 6. The highest BCUT2D eigenvalue weighted by atomic mass is 16.7. The number of fused-ring (bicyclic) bond motifs is 3. The van der Waals surface area contributed by atoms with Crippen molar-refractivity contribution in [1.82, 2.24) is 0 Å². The van der Waals surface area contributed by atoms with Gasteiger partial charge in [-0.05, 0) is 26.3 Å². The van der Waals surface area contributed by atoms with E-state index in [9.17, 15) is 28.8 Å². The molecular formula is C32H42O14. The third kappa shape index (κ3) is 5.36. The fourth-order valence-electron chi connectivity index (χ4n) is 8.04. The van der Waals surface area contributed by atoms with Crippen LogP contribution in [0.1, 0.15) is 81.1 Å². The molecule has 0 aromatic rings. The second-order valence-corrected chi connectivity index (χ2v) is 13.3. The van der Waals surface area contributed by atoms with E-state index < -0.39 is 101 Å². The number of hydrogen-bond acceptors (Lipinski definition) is 14. The van der Waals surface area contributed by atoms with Crippen molar-refractivity contribution in [3.63, 3.8) is 0 Å². The lowest BCUT2D eigenvalue weighted by molar-refractivity contribution is -0.216. The summed E-state index contributed by atoms with van der Waals surface area (Å²) in [6, 6.07) is 0. The van der Waals surface area contributed by atoms with Crippen LogP contribution in [0.2, 0.25) is 0 Å². The molecule has 1 saturated carbocycles. The molecule has 4 fully saturated rings. The maximum absolute atomic E-state index is 13.4. The zero-order valence-corrected chi connectivity index (χ0v) is 27.4.